The Kier molecular flexibility index (Phi) is 6.22. The third-order valence-electron chi connectivity index (χ3n) is 5.29. The largest absolute Gasteiger partial charge is 0.497 e. The fourth-order valence-electron chi connectivity index (χ4n) is 3.62. The molecule has 0 bridgehead atoms. The van der Waals surface area contributed by atoms with Crippen LogP contribution in [0.2, 0.25) is 0 Å². The number of ether oxygens (including phenoxy) is 2. The number of rotatable bonds is 7. The molecule has 0 spiro atoms. The van der Waals surface area contributed by atoms with E-state index in [0.29, 0.717) is 28.2 Å². The number of aromatic nitrogens is 3. The predicted octanol–water partition coefficient (Wildman–Crippen LogP) is 3.61. The maximum absolute atomic E-state index is 13.6. The topological polar surface area (TPSA) is 100 Å². The van der Waals surface area contributed by atoms with Crippen molar-refractivity contribution in [2.24, 2.45) is 0 Å². The summed E-state index contributed by atoms with van der Waals surface area (Å²) in [7, 11) is -2.81. The van der Waals surface area contributed by atoms with E-state index in [1.165, 1.54) is 19.2 Å². The van der Waals surface area contributed by atoms with E-state index < -0.39 is 20.8 Å². The number of benzene rings is 2. The van der Waals surface area contributed by atoms with E-state index in [9.17, 15) is 12.6 Å². The molecular weight excluding hydrogens is 462 g/mol. The fraction of sp³-hybridized carbons (Fsp3) is 0.217. The first-order valence-electron chi connectivity index (χ1n) is 10.0. The molecule has 1 unspecified atom stereocenters. The molecular formula is C23H23N3O5S2. The van der Waals surface area contributed by atoms with Gasteiger partial charge in [-0.2, -0.15) is 0 Å². The van der Waals surface area contributed by atoms with Crippen molar-refractivity contribution in [3.05, 3.63) is 71.5 Å². The van der Waals surface area contributed by atoms with Gasteiger partial charge in [0, 0.05) is 23.4 Å². The molecule has 10 heteroatoms. The van der Waals surface area contributed by atoms with E-state index >= 15 is 0 Å². The van der Waals surface area contributed by atoms with Gasteiger partial charge in [-0.15, -0.1) is 0 Å². The first-order chi connectivity index (χ1) is 15.8. The second kappa shape index (κ2) is 8.95. The summed E-state index contributed by atoms with van der Waals surface area (Å²) >= 11 is 0. The predicted molar refractivity (Wildman–Crippen MR) is 126 cm³/mol. The number of imidazole rings is 1. The number of methoxy groups -OCH3 is 2. The average molecular weight is 486 g/mol. The summed E-state index contributed by atoms with van der Waals surface area (Å²) in [4.78, 5) is 8.92. The van der Waals surface area contributed by atoms with Crippen LogP contribution in [0.4, 0.5) is 0 Å². The number of nitrogens with zero attached hydrogens (tertiary/aromatic N) is 3. The molecule has 33 heavy (non-hydrogen) atoms. The minimum atomic E-state index is -4.06. The first kappa shape index (κ1) is 22.9. The van der Waals surface area contributed by atoms with Crippen molar-refractivity contribution in [3.63, 3.8) is 0 Å². The second-order valence-electron chi connectivity index (χ2n) is 7.37. The van der Waals surface area contributed by atoms with Gasteiger partial charge < -0.3 is 9.47 Å². The Bertz CT molecular complexity index is 1460. The fourth-order valence-corrected chi connectivity index (χ4v) is 6.69. The lowest BCUT2D eigenvalue weighted by Crippen LogP contribution is -2.18. The smallest absolute Gasteiger partial charge is 0.270 e. The van der Waals surface area contributed by atoms with Gasteiger partial charge in [-0.1, -0.05) is 18.2 Å². The quantitative estimate of drug-likeness (QED) is 0.394. The lowest BCUT2D eigenvalue weighted by atomic mass is 10.1. The van der Waals surface area contributed by atoms with Crippen LogP contribution >= 0.6 is 0 Å². The van der Waals surface area contributed by atoms with E-state index in [4.69, 9.17) is 9.47 Å². The number of aryl methyl sites for hydroxylation is 1. The van der Waals surface area contributed by atoms with Gasteiger partial charge in [-0.25, -0.2) is 17.4 Å². The molecule has 0 amide bonds. The minimum Gasteiger partial charge on any atom is -0.497 e. The van der Waals surface area contributed by atoms with Crippen LogP contribution in [-0.4, -0.2) is 40.8 Å². The summed E-state index contributed by atoms with van der Waals surface area (Å²) in [6.45, 7) is 3.71. The van der Waals surface area contributed by atoms with E-state index in [-0.39, 0.29) is 15.8 Å². The standard InChI is InChI=1S/C23H23N3O5S2/c1-15-13-24-20(16(2)22(15)31-4)14-32(27)23-25-19-12-17(30-3)10-11-21(19)26(23)33(28,29)18-8-6-5-7-9-18/h5-13H,14H2,1-4H3. The van der Waals surface area contributed by atoms with Crippen LogP contribution in [0.5, 0.6) is 11.5 Å². The van der Waals surface area contributed by atoms with Crippen LogP contribution in [-0.2, 0) is 26.6 Å². The van der Waals surface area contributed by atoms with Crippen molar-refractivity contribution in [1.82, 2.24) is 13.9 Å². The van der Waals surface area contributed by atoms with Crippen molar-refractivity contribution in [3.8, 4) is 11.5 Å². The Morgan fingerprint density at radius 2 is 1.76 bits per heavy atom. The van der Waals surface area contributed by atoms with Crippen molar-refractivity contribution < 1.29 is 22.1 Å². The highest BCUT2D eigenvalue weighted by atomic mass is 32.2. The molecule has 0 saturated heterocycles. The van der Waals surface area contributed by atoms with Gasteiger partial charge in [0.2, 0.25) is 5.16 Å². The van der Waals surface area contributed by atoms with Crippen molar-refractivity contribution in [2.45, 2.75) is 29.7 Å². The molecule has 8 nitrogen and oxygen atoms in total. The monoisotopic (exact) mass is 485 g/mol. The molecule has 4 rings (SSSR count). The highest BCUT2D eigenvalue weighted by molar-refractivity contribution is 7.91. The maximum Gasteiger partial charge on any atom is 0.270 e. The Morgan fingerprint density at radius 1 is 1.03 bits per heavy atom. The van der Waals surface area contributed by atoms with Gasteiger partial charge in [0.15, 0.2) is 0 Å². The average Bonchev–Trinajstić information content (AvgIpc) is 3.21. The number of hydrogen-bond donors (Lipinski definition) is 0. The van der Waals surface area contributed by atoms with Crippen LogP contribution in [0.1, 0.15) is 16.8 Å². The normalized spacial score (nSPS) is 12.6. The lowest BCUT2D eigenvalue weighted by Gasteiger charge is -2.13. The molecule has 0 N–H and O–H groups in total. The van der Waals surface area contributed by atoms with Crippen molar-refractivity contribution in [1.29, 1.82) is 0 Å². The molecule has 2 heterocycles. The summed E-state index contributed by atoms with van der Waals surface area (Å²) in [6, 6.07) is 12.8. The van der Waals surface area contributed by atoms with E-state index in [0.717, 1.165) is 15.1 Å². The molecule has 2 aromatic heterocycles. The van der Waals surface area contributed by atoms with Gasteiger partial charge in [-0.05, 0) is 38.1 Å². The SMILES string of the molecule is COc1ccc2c(c1)nc(S(=O)Cc1ncc(C)c(OC)c1C)n2S(=O)(=O)c1ccccc1. The van der Waals surface area contributed by atoms with E-state index in [2.05, 4.69) is 9.97 Å². The Labute approximate surface area is 194 Å². The molecule has 2 aromatic carbocycles. The van der Waals surface area contributed by atoms with Crippen molar-refractivity contribution >= 4 is 31.9 Å². The van der Waals surface area contributed by atoms with E-state index in [1.807, 2.05) is 13.8 Å². The molecule has 172 valence electrons. The van der Waals surface area contributed by atoms with E-state index in [1.54, 1.807) is 49.7 Å². The molecule has 0 fully saturated rings. The van der Waals surface area contributed by atoms with Crippen LogP contribution < -0.4 is 9.47 Å². The summed E-state index contributed by atoms with van der Waals surface area (Å²) in [5, 5.41) is -0.0807. The number of fused-ring (bicyclic) bond motifs is 1. The molecule has 0 aliphatic carbocycles. The van der Waals surface area contributed by atoms with Crippen LogP contribution in [0.25, 0.3) is 11.0 Å². The zero-order chi connectivity index (χ0) is 23.8. The Balaban J connectivity index is 1.89. The molecule has 0 radical (unpaired) electrons. The summed E-state index contributed by atoms with van der Waals surface area (Å²) in [5.41, 5.74) is 2.83. The molecule has 4 aromatic rings. The maximum atomic E-state index is 13.6. The number of hydrogen-bond acceptors (Lipinski definition) is 7. The summed E-state index contributed by atoms with van der Waals surface area (Å²) in [6.07, 6.45) is 1.65. The zero-order valence-electron chi connectivity index (χ0n) is 18.6. The minimum absolute atomic E-state index is 0.0206. The third kappa shape index (κ3) is 4.11. The lowest BCUT2D eigenvalue weighted by molar-refractivity contribution is 0.407. The Hall–Kier alpha value is -3.24. The van der Waals surface area contributed by atoms with Crippen molar-refractivity contribution in [2.75, 3.05) is 14.2 Å². The van der Waals surface area contributed by atoms with Crippen LogP contribution in [0.15, 0.2) is 64.8 Å². The van der Waals surface area contributed by atoms with Gasteiger partial charge >= 0.3 is 0 Å². The number of pyridine rings is 1. The Morgan fingerprint density at radius 3 is 2.42 bits per heavy atom. The molecule has 0 saturated carbocycles. The summed E-state index contributed by atoms with van der Waals surface area (Å²) in [5.74, 6) is 1.15. The molecule has 0 aliphatic heterocycles. The highest BCUT2D eigenvalue weighted by Gasteiger charge is 2.28. The zero-order valence-corrected chi connectivity index (χ0v) is 20.2. The third-order valence-corrected chi connectivity index (χ3v) is 8.34. The second-order valence-corrected chi connectivity index (χ2v) is 10.5. The molecule has 1 atom stereocenters. The van der Waals surface area contributed by atoms with Gasteiger partial charge in [0.05, 0.1) is 52.4 Å². The van der Waals surface area contributed by atoms with Gasteiger partial charge in [0.1, 0.15) is 11.5 Å². The van der Waals surface area contributed by atoms with Crippen LogP contribution in [0, 0.1) is 13.8 Å². The molecule has 0 aliphatic rings. The van der Waals surface area contributed by atoms with Crippen LogP contribution in [0.3, 0.4) is 0 Å². The first-order valence-corrected chi connectivity index (χ1v) is 12.8. The summed E-state index contributed by atoms with van der Waals surface area (Å²) < 4.78 is 52.4. The highest BCUT2D eigenvalue weighted by Crippen LogP contribution is 2.30. The van der Waals surface area contributed by atoms with Gasteiger partial charge in [-0.3, -0.25) is 9.19 Å². The van der Waals surface area contributed by atoms with Gasteiger partial charge in [0.25, 0.3) is 10.0 Å².